The van der Waals surface area contributed by atoms with Crippen LogP contribution in [0.5, 0.6) is 0 Å². The second-order valence-corrected chi connectivity index (χ2v) is 7.45. The van der Waals surface area contributed by atoms with Crippen molar-refractivity contribution in [2.45, 2.75) is 25.9 Å². The smallest absolute Gasteiger partial charge is 0.371 e. The molecule has 30 heavy (non-hydrogen) atoms. The summed E-state index contributed by atoms with van der Waals surface area (Å²) >= 11 is 0. The van der Waals surface area contributed by atoms with E-state index in [4.69, 9.17) is 0 Å². The molecule has 2 N–H and O–H groups in total. The predicted molar refractivity (Wildman–Crippen MR) is 110 cm³/mol. The third-order valence-electron chi connectivity index (χ3n) is 5.32. The Morgan fingerprint density at radius 1 is 1.07 bits per heavy atom. The standard InChI is InChI=1S/C22H20F3N3O2/c1-13-10-20(29)27-18-6-5-15(12-16(13)18)26-21(30)17-11-14(22(23,24)25)4-7-19(17)28-8-2-3-9-28/h4-7,10-12H,2-3,8-9H2,1H3,(H,26,30)(H,27,29). The number of amides is 1. The van der Waals surface area contributed by atoms with Gasteiger partial charge in [-0.25, -0.2) is 0 Å². The summed E-state index contributed by atoms with van der Waals surface area (Å²) in [6.45, 7) is 3.18. The first-order valence-corrected chi connectivity index (χ1v) is 9.63. The molecule has 5 nitrogen and oxygen atoms in total. The summed E-state index contributed by atoms with van der Waals surface area (Å²) < 4.78 is 39.7. The van der Waals surface area contributed by atoms with Gasteiger partial charge in [0, 0.05) is 41.4 Å². The molecule has 0 saturated carbocycles. The zero-order chi connectivity index (χ0) is 21.5. The molecule has 1 saturated heterocycles. The van der Waals surface area contributed by atoms with Gasteiger partial charge in [0.2, 0.25) is 5.56 Å². The molecule has 0 spiro atoms. The Morgan fingerprint density at radius 3 is 2.50 bits per heavy atom. The molecule has 1 aliphatic heterocycles. The van der Waals surface area contributed by atoms with E-state index in [9.17, 15) is 22.8 Å². The summed E-state index contributed by atoms with van der Waals surface area (Å²) in [5.41, 5.74) is 1.20. The number of benzene rings is 2. The summed E-state index contributed by atoms with van der Waals surface area (Å²) in [4.78, 5) is 29.2. The minimum absolute atomic E-state index is 0.00925. The van der Waals surface area contributed by atoms with Crippen molar-refractivity contribution in [3.63, 3.8) is 0 Å². The molecule has 0 atom stereocenters. The molecule has 0 aliphatic carbocycles. The van der Waals surface area contributed by atoms with E-state index in [0.29, 0.717) is 30.0 Å². The fourth-order valence-corrected chi connectivity index (χ4v) is 3.83. The van der Waals surface area contributed by atoms with Gasteiger partial charge in [-0.1, -0.05) is 0 Å². The topological polar surface area (TPSA) is 65.2 Å². The number of H-pyrrole nitrogens is 1. The molecule has 156 valence electrons. The van der Waals surface area contributed by atoms with Crippen LogP contribution in [-0.2, 0) is 6.18 Å². The number of hydrogen-bond acceptors (Lipinski definition) is 3. The maximum atomic E-state index is 13.2. The first-order valence-electron chi connectivity index (χ1n) is 9.63. The first kappa shape index (κ1) is 20.0. The van der Waals surface area contributed by atoms with Gasteiger partial charge in [0.05, 0.1) is 11.1 Å². The quantitative estimate of drug-likeness (QED) is 0.651. The number of aromatic nitrogens is 1. The summed E-state index contributed by atoms with van der Waals surface area (Å²) in [5, 5.41) is 3.46. The van der Waals surface area contributed by atoms with Crippen LogP contribution in [0.1, 0.15) is 34.3 Å². The highest BCUT2D eigenvalue weighted by Crippen LogP contribution is 2.34. The van der Waals surface area contributed by atoms with Crippen LogP contribution < -0.4 is 15.8 Å². The molecule has 0 bridgehead atoms. The largest absolute Gasteiger partial charge is 0.416 e. The number of nitrogens with zero attached hydrogens (tertiary/aromatic N) is 1. The monoisotopic (exact) mass is 415 g/mol. The van der Waals surface area contributed by atoms with Gasteiger partial charge in [0.25, 0.3) is 5.91 Å². The van der Waals surface area contributed by atoms with Crippen LogP contribution in [0.2, 0.25) is 0 Å². The average Bonchev–Trinajstić information content (AvgIpc) is 3.22. The van der Waals surface area contributed by atoms with Crippen molar-refractivity contribution in [1.29, 1.82) is 0 Å². The van der Waals surface area contributed by atoms with Crippen molar-refractivity contribution < 1.29 is 18.0 Å². The van der Waals surface area contributed by atoms with E-state index < -0.39 is 17.6 Å². The highest BCUT2D eigenvalue weighted by atomic mass is 19.4. The average molecular weight is 415 g/mol. The molecule has 0 radical (unpaired) electrons. The van der Waals surface area contributed by atoms with Crippen molar-refractivity contribution in [2.24, 2.45) is 0 Å². The Hall–Kier alpha value is -3.29. The highest BCUT2D eigenvalue weighted by molar-refractivity contribution is 6.09. The molecular formula is C22H20F3N3O2. The molecule has 2 heterocycles. The Kier molecular flexibility index (Phi) is 5.01. The third-order valence-corrected chi connectivity index (χ3v) is 5.32. The summed E-state index contributed by atoms with van der Waals surface area (Å²) in [6, 6.07) is 9.71. The third kappa shape index (κ3) is 3.90. The Labute approximate surface area is 170 Å². The number of carbonyl (C=O) groups is 1. The second-order valence-electron chi connectivity index (χ2n) is 7.45. The van der Waals surface area contributed by atoms with Crippen LogP contribution in [-0.4, -0.2) is 24.0 Å². The zero-order valence-corrected chi connectivity index (χ0v) is 16.3. The van der Waals surface area contributed by atoms with E-state index >= 15 is 0 Å². The molecular weight excluding hydrogens is 395 g/mol. The van der Waals surface area contributed by atoms with E-state index in [-0.39, 0.29) is 11.1 Å². The lowest BCUT2D eigenvalue weighted by Gasteiger charge is -2.22. The molecule has 0 unspecified atom stereocenters. The van der Waals surface area contributed by atoms with E-state index in [1.807, 2.05) is 4.90 Å². The fraction of sp³-hybridized carbons (Fsp3) is 0.273. The molecule has 1 fully saturated rings. The lowest BCUT2D eigenvalue weighted by atomic mass is 10.1. The van der Waals surface area contributed by atoms with Crippen molar-refractivity contribution in [3.05, 3.63) is 69.5 Å². The number of carbonyl (C=O) groups excluding carboxylic acids is 1. The van der Waals surface area contributed by atoms with Crippen LogP contribution in [0.3, 0.4) is 0 Å². The van der Waals surface area contributed by atoms with Crippen molar-refractivity contribution in [3.8, 4) is 0 Å². The van der Waals surface area contributed by atoms with Crippen LogP contribution in [0.4, 0.5) is 24.5 Å². The number of alkyl halides is 3. The lowest BCUT2D eigenvalue weighted by molar-refractivity contribution is -0.137. The number of fused-ring (bicyclic) bond motifs is 1. The van der Waals surface area contributed by atoms with Gasteiger partial charge < -0.3 is 15.2 Å². The van der Waals surface area contributed by atoms with Crippen LogP contribution in [0.25, 0.3) is 10.9 Å². The van der Waals surface area contributed by atoms with E-state index in [1.54, 1.807) is 25.1 Å². The highest BCUT2D eigenvalue weighted by Gasteiger charge is 2.32. The van der Waals surface area contributed by atoms with E-state index in [1.165, 1.54) is 12.1 Å². The number of aryl methyl sites for hydroxylation is 1. The first-order chi connectivity index (χ1) is 14.2. The summed E-state index contributed by atoms with van der Waals surface area (Å²) in [6.07, 6.45) is -2.67. The fourth-order valence-electron chi connectivity index (χ4n) is 3.83. The van der Waals surface area contributed by atoms with Crippen molar-refractivity contribution in [2.75, 3.05) is 23.3 Å². The van der Waals surface area contributed by atoms with Gasteiger partial charge in [0.15, 0.2) is 0 Å². The molecule has 3 aromatic rings. The molecule has 2 aromatic carbocycles. The minimum Gasteiger partial charge on any atom is -0.371 e. The van der Waals surface area contributed by atoms with Gasteiger partial charge in [-0.3, -0.25) is 9.59 Å². The van der Waals surface area contributed by atoms with Crippen LogP contribution in [0, 0.1) is 6.92 Å². The Morgan fingerprint density at radius 2 is 1.80 bits per heavy atom. The van der Waals surface area contributed by atoms with Crippen molar-refractivity contribution in [1.82, 2.24) is 4.98 Å². The Bertz CT molecular complexity index is 1180. The van der Waals surface area contributed by atoms with Gasteiger partial charge in [-0.05, 0) is 61.7 Å². The number of halogens is 3. The predicted octanol–water partition coefficient (Wildman–Crippen LogP) is 4.71. The number of hydrogen-bond donors (Lipinski definition) is 2. The molecule has 8 heteroatoms. The maximum absolute atomic E-state index is 13.2. The van der Waals surface area contributed by atoms with Crippen LogP contribution >= 0.6 is 0 Å². The zero-order valence-electron chi connectivity index (χ0n) is 16.3. The minimum atomic E-state index is -4.54. The van der Waals surface area contributed by atoms with Gasteiger partial charge >= 0.3 is 6.18 Å². The van der Waals surface area contributed by atoms with Gasteiger partial charge in [0.1, 0.15) is 0 Å². The van der Waals surface area contributed by atoms with Gasteiger partial charge in [-0.2, -0.15) is 13.2 Å². The van der Waals surface area contributed by atoms with E-state index in [0.717, 1.165) is 35.9 Å². The number of pyridine rings is 1. The van der Waals surface area contributed by atoms with E-state index in [2.05, 4.69) is 10.3 Å². The SMILES string of the molecule is Cc1cc(=O)[nH]c2ccc(NC(=O)c3cc(C(F)(F)F)ccc3N3CCCC3)cc12. The number of aromatic amines is 1. The molecule has 1 aromatic heterocycles. The second kappa shape index (κ2) is 7.51. The molecule has 4 rings (SSSR count). The van der Waals surface area contributed by atoms with Crippen molar-refractivity contribution >= 4 is 28.2 Å². The normalized spacial score (nSPS) is 14.3. The van der Waals surface area contributed by atoms with Crippen LogP contribution in [0.15, 0.2) is 47.3 Å². The maximum Gasteiger partial charge on any atom is 0.416 e. The number of rotatable bonds is 3. The number of nitrogens with one attached hydrogen (secondary N) is 2. The molecule has 1 aliphatic rings. The number of anilines is 2. The summed E-state index contributed by atoms with van der Waals surface area (Å²) in [5.74, 6) is -0.607. The van der Waals surface area contributed by atoms with Gasteiger partial charge in [-0.15, -0.1) is 0 Å². The Balaban J connectivity index is 1.71. The lowest BCUT2D eigenvalue weighted by Crippen LogP contribution is -2.23. The molecule has 1 amide bonds. The summed E-state index contributed by atoms with van der Waals surface area (Å²) in [7, 11) is 0.